The van der Waals surface area contributed by atoms with E-state index in [2.05, 4.69) is 31.1 Å². The molecule has 0 bridgehead atoms. The van der Waals surface area contributed by atoms with Crippen LogP contribution in [0.15, 0.2) is 57.7 Å². The number of nitrogens with zero attached hydrogens (tertiary/aromatic N) is 1. The highest BCUT2D eigenvalue weighted by molar-refractivity contribution is 6.83. The van der Waals surface area contributed by atoms with Gasteiger partial charge in [-0.05, 0) is 35.9 Å². The first kappa shape index (κ1) is 18.0. The van der Waals surface area contributed by atoms with Crippen LogP contribution in [0.1, 0.15) is 5.56 Å². The number of hydrogen-bond acceptors (Lipinski definition) is 3. The lowest BCUT2D eigenvalue weighted by molar-refractivity contribution is 0.563. The number of rotatable bonds is 2. The van der Waals surface area contributed by atoms with Crippen LogP contribution in [0.4, 0.5) is 5.69 Å². The minimum Gasteiger partial charge on any atom is -0.422 e. The fourth-order valence-corrected chi connectivity index (χ4v) is 3.09. The van der Waals surface area contributed by atoms with Crippen molar-refractivity contribution in [3.05, 3.63) is 64.5 Å². The van der Waals surface area contributed by atoms with Crippen LogP contribution in [0.25, 0.3) is 22.1 Å². The zero-order valence-electron chi connectivity index (χ0n) is 15.9. The summed E-state index contributed by atoms with van der Waals surface area (Å²) in [6.45, 7) is 6.66. The minimum atomic E-state index is -1.40. The first-order chi connectivity index (χ1) is 12.2. The van der Waals surface area contributed by atoms with Crippen molar-refractivity contribution in [1.82, 2.24) is 0 Å². The quantitative estimate of drug-likeness (QED) is 0.375. The Bertz CT molecular complexity index is 1060. The summed E-state index contributed by atoms with van der Waals surface area (Å²) >= 11 is 0. The lowest BCUT2D eigenvalue weighted by Crippen LogP contribution is -2.16. The van der Waals surface area contributed by atoms with Crippen molar-refractivity contribution in [3.63, 3.8) is 0 Å². The van der Waals surface area contributed by atoms with Gasteiger partial charge in [0.15, 0.2) is 0 Å². The van der Waals surface area contributed by atoms with E-state index in [4.69, 9.17) is 4.42 Å². The lowest BCUT2D eigenvalue weighted by Gasteiger charge is -2.12. The maximum absolute atomic E-state index is 12.5. The van der Waals surface area contributed by atoms with Gasteiger partial charge in [-0.25, -0.2) is 4.79 Å². The molecule has 3 rings (SSSR count). The number of anilines is 1. The van der Waals surface area contributed by atoms with E-state index in [1.807, 2.05) is 67.5 Å². The van der Waals surface area contributed by atoms with E-state index in [9.17, 15) is 4.79 Å². The largest absolute Gasteiger partial charge is 0.422 e. The average Bonchev–Trinajstić information content (AvgIpc) is 2.58. The second-order valence-corrected chi connectivity index (χ2v) is 12.4. The van der Waals surface area contributed by atoms with Crippen molar-refractivity contribution in [2.45, 2.75) is 19.6 Å². The molecule has 0 aliphatic rings. The van der Waals surface area contributed by atoms with E-state index in [1.54, 1.807) is 0 Å². The maximum atomic E-state index is 12.5. The monoisotopic (exact) mass is 361 g/mol. The molecule has 0 aliphatic heterocycles. The number of benzene rings is 2. The third-order valence-corrected chi connectivity index (χ3v) is 4.89. The topological polar surface area (TPSA) is 33.5 Å². The van der Waals surface area contributed by atoms with Crippen LogP contribution in [-0.4, -0.2) is 22.2 Å². The Morgan fingerprint density at radius 1 is 0.962 bits per heavy atom. The second kappa shape index (κ2) is 6.85. The Labute approximate surface area is 155 Å². The highest BCUT2D eigenvalue weighted by atomic mass is 28.3. The Balaban J connectivity index is 1.99. The van der Waals surface area contributed by atoms with Crippen molar-refractivity contribution < 1.29 is 4.42 Å². The van der Waals surface area contributed by atoms with Gasteiger partial charge in [0.25, 0.3) is 0 Å². The van der Waals surface area contributed by atoms with Crippen molar-refractivity contribution >= 4 is 24.7 Å². The lowest BCUT2D eigenvalue weighted by atomic mass is 10.0. The van der Waals surface area contributed by atoms with Gasteiger partial charge in [0.1, 0.15) is 13.7 Å². The molecule has 2 aromatic carbocycles. The summed E-state index contributed by atoms with van der Waals surface area (Å²) in [5, 5.41) is 0.910. The van der Waals surface area contributed by atoms with Crippen LogP contribution in [0.2, 0.25) is 19.6 Å². The van der Waals surface area contributed by atoms with Gasteiger partial charge in [0.2, 0.25) is 0 Å². The van der Waals surface area contributed by atoms with Crippen LogP contribution in [0.3, 0.4) is 0 Å². The van der Waals surface area contributed by atoms with Gasteiger partial charge in [-0.1, -0.05) is 37.7 Å². The molecule has 0 aliphatic carbocycles. The van der Waals surface area contributed by atoms with Gasteiger partial charge < -0.3 is 9.32 Å². The summed E-state index contributed by atoms with van der Waals surface area (Å²) in [5.41, 5.74) is 7.01. The highest BCUT2D eigenvalue weighted by Crippen LogP contribution is 2.24. The molecule has 0 saturated carbocycles. The summed E-state index contributed by atoms with van der Waals surface area (Å²) < 4.78 is 5.56. The average molecular weight is 362 g/mol. The van der Waals surface area contributed by atoms with Gasteiger partial charge in [0.05, 0.1) is 5.56 Å². The number of hydrogen-bond donors (Lipinski definition) is 0. The van der Waals surface area contributed by atoms with E-state index in [0.29, 0.717) is 11.1 Å². The van der Waals surface area contributed by atoms with Crippen molar-refractivity contribution in [3.8, 4) is 22.6 Å². The molecule has 1 aromatic heterocycles. The van der Waals surface area contributed by atoms with Crippen molar-refractivity contribution in [2.75, 3.05) is 19.0 Å². The van der Waals surface area contributed by atoms with Gasteiger partial charge >= 0.3 is 5.63 Å². The van der Waals surface area contributed by atoms with E-state index < -0.39 is 8.07 Å². The first-order valence-electron chi connectivity index (χ1n) is 8.62. The van der Waals surface area contributed by atoms with Gasteiger partial charge in [-0.3, -0.25) is 0 Å². The fraction of sp³-hybridized carbons (Fsp3) is 0.227. The Hall–Kier alpha value is -2.77. The molecule has 0 fully saturated rings. The van der Waals surface area contributed by atoms with Gasteiger partial charge in [-0.2, -0.15) is 0 Å². The molecule has 0 spiro atoms. The highest BCUT2D eigenvalue weighted by Gasteiger charge is 2.10. The third-order valence-electron chi connectivity index (χ3n) is 4.01. The Kier molecular flexibility index (Phi) is 4.75. The number of fused-ring (bicyclic) bond motifs is 1. The van der Waals surface area contributed by atoms with E-state index in [1.165, 1.54) is 0 Å². The zero-order valence-corrected chi connectivity index (χ0v) is 16.9. The molecule has 3 nitrogen and oxygen atoms in total. The molecule has 3 aromatic rings. The summed E-state index contributed by atoms with van der Waals surface area (Å²) in [6.07, 6.45) is 0. The molecule has 0 unspecified atom stereocenters. The molecular weight excluding hydrogens is 338 g/mol. The first-order valence-corrected chi connectivity index (χ1v) is 12.1. The molecule has 132 valence electrons. The summed E-state index contributed by atoms with van der Waals surface area (Å²) in [6, 6.07) is 15.6. The predicted molar refractivity (Wildman–Crippen MR) is 112 cm³/mol. The second-order valence-electron chi connectivity index (χ2n) is 7.64. The SMILES string of the molecule is CN(C)c1ccc2cc(-c3ccc(C#C[Si](C)(C)C)cc3)c(=O)oc2c1. The van der Waals surface area contributed by atoms with Gasteiger partial charge in [-0.15, -0.1) is 5.54 Å². The maximum Gasteiger partial charge on any atom is 0.344 e. The fourth-order valence-electron chi connectivity index (χ4n) is 2.57. The molecule has 0 radical (unpaired) electrons. The van der Waals surface area contributed by atoms with Crippen LogP contribution in [0, 0.1) is 11.5 Å². The Morgan fingerprint density at radius 3 is 2.27 bits per heavy atom. The molecular formula is C22H23NO2Si. The molecule has 0 atom stereocenters. The molecule has 26 heavy (non-hydrogen) atoms. The third kappa shape index (κ3) is 4.06. The molecule has 0 amide bonds. The van der Waals surface area contributed by atoms with Crippen LogP contribution in [0.5, 0.6) is 0 Å². The molecule has 1 heterocycles. The van der Waals surface area contributed by atoms with Gasteiger partial charge in [0, 0.05) is 36.8 Å². The minimum absolute atomic E-state index is 0.325. The zero-order chi connectivity index (χ0) is 18.9. The van der Waals surface area contributed by atoms with E-state index in [0.717, 1.165) is 22.2 Å². The summed E-state index contributed by atoms with van der Waals surface area (Å²) in [5.74, 6) is 3.23. The Morgan fingerprint density at radius 2 is 1.65 bits per heavy atom. The van der Waals surface area contributed by atoms with Crippen LogP contribution in [-0.2, 0) is 0 Å². The van der Waals surface area contributed by atoms with Crippen LogP contribution >= 0.6 is 0 Å². The van der Waals surface area contributed by atoms with E-state index >= 15 is 0 Å². The van der Waals surface area contributed by atoms with E-state index in [-0.39, 0.29) is 5.63 Å². The summed E-state index contributed by atoms with van der Waals surface area (Å²) in [4.78, 5) is 14.4. The predicted octanol–water partition coefficient (Wildman–Crippen LogP) is 4.75. The molecule has 0 N–H and O–H groups in total. The van der Waals surface area contributed by atoms with Crippen molar-refractivity contribution in [1.29, 1.82) is 0 Å². The smallest absolute Gasteiger partial charge is 0.344 e. The van der Waals surface area contributed by atoms with Crippen molar-refractivity contribution in [2.24, 2.45) is 0 Å². The normalized spacial score (nSPS) is 11.1. The molecule has 0 saturated heterocycles. The molecule has 4 heteroatoms. The summed E-state index contributed by atoms with van der Waals surface area (Å²) in [7, 11) is 2.52. The standard InChI is InChI=1S/C22H23NO2Si/c1-23(2)19-11-10-18-14-20(22(24)25-21(18)15-19)17-8-6-16(7-9-17)12-13-26(3,4)5/h6-11,14-15H,1-5H3. The van der Waals surface area contributed by atoms with Crippen LogP contribution < -0.4 is 10.5 Å².